The van der Waals surface area contributed by atoms with Gasteiger partial charge in [-0.2, -0.15) is 5.26 Å². The largest absolute Gasteiger partial charge is 0.399 e. The smallest absolute Gasteiger partial charge is 0.0992 e. The Labute approximate surface area is 111 Å². The fraction of sp³-hybridized carbons (Fsp3) is 0.0714. The molecule has 2 N–H and O–H groups in total. The van der Waals surface area contributed by atoms with E-state index >= 15 is 0 Å². The summed E-state index contributed by atoms with van der Waals surface area (Å²) in [6, 6.07) is 14.8. The molecule has 18 heavy (non-hydrogen) atoms. The summed E-state index contributed by atoms with van der Waals surface area (Å²) in [5.74, 6) is 0. The molecule has 2 aromatic rings. The predicted molar refractivity (Wildman–Crippen MR) is 75.1 cm³/mol. The minimum atomic E-state index is 0.583. The van der Waals surface area contributed by atoms with E-state index in [1.807, 2.05) is 36.2 Å². The van der Waals surface area contributed by atoms with Gasteiger partial charge in [0.2, 0.25) is 0 Å². The lowest BCUT2D eigenvalue weighted by Crippen LogP contribution is -2.10. The Balaban J connectivity index is 2.41. The average Bonchev–Trinajstić information content (AvgIpc) is 2.38. The Bertz CT molecular complexity index is 617. The number of nitrogens with two attached hydrogens (primary N) is 1. The Kier molecular flexibility index (Phi) is 3.40. The Hall–Kier alpha value is -2.18. The van der Waals surface area contributed by atoms with Gasteiger partial charge in [-0.15, -0.1) is 0 Å². The first-order valence-corrected chi connectivity index (χ1v) is 5.78. The first-order chi connectivity index (χ1) is 8.61. The van der Waals surface area contributed by atoms with Gasteiger partial charge >= 0.3 is 0 Å². The predicted octanol–water partition coefficient (Wildman–Crippen LogP) is 3.56. The van der Waals surface area contributed by atoms with Gasteiger partial charge in [0.05, 0.1) is 22.3 Å². The fourth-order valence-corrected chi connectivity index (χ4v) is 2.03. The van der Waals surface area contributed by atoms with Crippen molar-refractivity contribution in [1.82, 2.24) is 0 Å². The number of nitriles is 1. The summed E-state index contributed by atoms with van der Waals surface area (Å²) >= 11 is 6.16. The molecular weight excluding hydrogens is 246 g/mol. The maximum absolute atomic E-state index is 8.89. The molecule has 0 saturated heterocycles. The van der Waals surface area contributed by atoms with Crippen LogP contribution in [-0.4, -0.2) is 7.05 Å². The van der Waals surface area contributed by atoms with Crippen LogP contribution in [0.25, 0.3) is 0 Å². The third-order valence-corrected chi connectivity index (χ3v) is 3.00. The average molecular weight is 258 g/mol. The van der Waals surface area contributed by atoms with Gasteiger partial charge in [-0.25, -0.2) is 0 Å². The highest BCUT2D eigenvalue weighted by molar-refractivity contribution is 6.33. The zero-order valence-electron chi connectivity index (χ0n) is 9.89. The second-order valence-electron chi connectivity index (χ2n) is 3.93. The number of benzene rings is 2. The van der Waals surface area contributed by atoms with Crippen LogP contribution in [0.2, 0.25) is 5.02 Å². The van der Waals surface area contributed by atoms with Gasteiger partial charge in [0.25, 0.3) is 0 Å². The Morgan fingerprint density at radius 3 is 2.67 bits per heavy atom. The van der Waals surface area contributed by atoms with Gasteiger partial charge in [0, 0.05) is 18.4 Å². The molecule has 0 bridgehead atoms. The topological polar surface area (TPSA) is 53.0 Å². The van der Waals surface area contributed by atoms with Gasteiger partial charge in [0.15, 0.2) is 0 Å². The summed E-state index contributed by atoms with van der Waals surface area (Å²) in [4.78, 5) is 1.92. The number of hydrogen-bond donors (Lipinski definition) is 1. The van der Waals surface area contributed by atoms with Crippen LogP contribution in [0.15, 0.2) is 42.5 Å². The number of nitrogens with zero attached hydrogens (tertiary/aromatic N) is 2. The van der Waals surface area contributed by atoms with Crippen LogP contribution in [-0.2, 0) is 0 Å². The molecule has 0 saturated carbocycles. The van der Waals surface area contributed by atoms with Crippen molar-refractivity contribution in [2.24, 2.45) is 0 Å². The van der Waals surface area contributed by atoms with Crippen molar-refractivity contribution in [3.63, 3.8) is 0 Å². The first-order valence-electron chi connectivity index (χ1n) is 5.41. The molecule has 0 atom stereocenters. The second-order valence-corrected chi connectivity index (χ2v) is 4.34. The molecule has 0 unspecified atom stereocenters. The monoisotopic (exact) mass is 257 g/mol. The van der Waals surface area contributed by atoms with E-state index in [0.29, 0.717) is 16.3 Å². The molecule has 0 aromatic heterocycles. The first kappa shape index (κ1) is 12.3. The van der Waals surface area contributed by atoms with E-state index in [1.54, 1.807) is 18.2 Å². The van der Waals surface area contributed by atoms with Crippen LogP contribution in [0.4, 0.5) is 17.1 Å². The summed E-state index contributed by atoms with van der Waals surface area (Å²) in [5.41, 5.74) is 8.66. The number of halogens is 1. The van der Waals surface area contributed by atoms with E-state index in [0.717, 1.165) is 11.4 Å². The van der Waals surface area contributed by atoms with E-state index in [4.69, 9.17) is 22.6 Å². The van der Waals surface area contributed by atoms with Crippen molar-refractivity contribution in [3.8, 4) is 6.07 Å². The molecule has 3 nitrogen and oxygen atoms in total. The van der Waals surface area contributed by atoms with E-state index in [-0.39, 0.29) is 0 Å². The molecule has 0 aliphatic heterocycles. The molecule has 2 rings (SSSR count). The molecule has 90 valence electrons. The molecule has 0 heterocycles. The van der Waals surface area contributed by atoms with E-state index in [1.165, 1.54) is 0 Å². The van der Waals surface area contributed by atoms with Crippen LogP contribution in [0, 0.1) is 11.3 Å². The maximum atomic E-state index is 8.89. The second kappa shape index (κ2) is 4.99. The molecular formula is C14H12ClN3. The zero-order chi connectivity index (χ0) is 13.1. The minimum absolute atomic E-state index is 0.583. The van der Waals surface area contributed by atoms with Crippen molar-refractivity contribution < 1.29 is 0 Å². The standard InChI is InChI=1S/C14H12ClN3/c1-18(12-4-2-3-10(7-12)9-16)14-6-5-11(17)8-13(14)15/h2-8H,17H2,1H3. The molecule has 0 spiro atoms. The quantitative estimate of drug-likeness (QED) is 0.837. The minimum Gasteiger partial charge on any atom is -0.399 e. The highest BCUT2D eigenvalue weighted by Crippen LogP contribution is 2.32. The number of rotatable bonds is 2. The lowest BCUT2D eigenvalue weighted by molar-refractivity contribution is 1.21. The van der Waals surface area contributed by atoms with Crippen molar-refractivity contribution in [2.45, 2.75) is 0 Å². The molecule has 0 aliphatic rings. The summed E-state index contributed by atoms with van der Waals surface area (Å²) < 4.78 is 0. The summed E-state index contributed by atoms with van der Waals surface area (Å²) in [6.07, 6.45) is 0. The zero-order valence-corrected chi connectivity index (χ0v) is 10.6. The molecule has 0 fully saturated rings. The van der Waals surface area contributed by atoms with Gasteiger partial charge in [0.1, 0.15) is 0 Å². The van der Waals surface area contributed by atoms with Gasteiger partial charge in [-0.05, 0) is 36.4 Å². The molecule has 4 heteroatoms. The summed E-state index contributed by atoms with van der Waals surface area (Å²) in [7, 11) is 1.90. The van der Waals surface area contributed by atoms with Crippen molar-refractivity contribution in [3.05, 3.63) is 53.1 Å². The van der Waals surface area contributed by atoms with Crippen LogP contribution in [0.1, 0.15) is 5.56 Å². The molecule has 0 aliphatic carbocycles. The van der Waals surface area contributed by atoms with Gasteiger partial charge in [-0.1, -0.05) is 17.7 Å². The Morgan fingerprint density at radius 2 is 2.00 bits per heavy atom. The van der Waals surface area contributed by atoms with Crippen molar-refractivity contribution in [1.29, 1.82) is 5.26 Å². The van der Waals surface area contributed by atoms with Crippen LogP contribution >= 0.6 is 11.6 Å². The van der Waals surface area contributed by atoms with Crippen LogP contribution in [0.3, 0.4) is 0 Å². The van der Waals surface area contributed by atoms with Crippen LogP contribution in [0.5, 0.6) is 0 Å². The molecule has 0 amide bonds. The van der Waals surface area contributed by atoms with E-state index < -0.39 is 0 Å². The third-order valence-electron chi connectivity index (χ3n) is 2.70. The maximum Gasteiger partial charge on any atom is 0.0992 e. The lowest BCUT2D eigenvalue weighted by Gasteiger charge is -2.21. The van der Waals surface area contributed by atoms with Crippen molar-refractivity contribution in [2.75, 3.05) is 17.7 Å². The highest BCUT2D eigenvalue weighted by Gasteiger charge is 2.08. The molecule has 2 aromatic carbocycles. The number of nitrogen functional groups attached to an aromatic ring is 1. The van der Waals surface area contributed by atoms with E-state index in [9.17, 15) is 0 Å². The highest BCUT2D eigenvalue weighted by atomic mass is 35.5. The summed E-state index contributed by atoms with van der Waals surface area (Å²) in [5, 5.41) is 9.48. The van der Waals surface area contributed by atoms with Gasteiger partial charge < -0.3 is 10.6 Å². The van der Waals surface area contributed by atoms with Gasteiger partial charge in [-0.3, -0.25) is 0 Å². The number of anilines is 3. The van der Waals surface area contributed by atoms with E-state index in [2.05, 4.69) is 6.07 Å². The third kappa shape index (κ3) is 2.39. The summed E-state index contributed by atoms with van der Waals surface area (Å²) in [6.45, 7) is 0. The fourth-order valence-electron chi connectivity index (χ4n) is 1.72. The molecule has 0 radical (unpaired) electrons. The van der Waals surface area contributed by atoms with Crippen LogP contribution < -0.4 is 10.6 Å². The Morgan fingerprint density at radius 1 is 1.22 bits per heavy atom. The number of hydrogen-bond acceptors (Lipinski definition) is 3. The SMILES string of the molecule is CN(c1cccc(C#N)c1)c1ccc(N)cc1Cl. The normalized spacial score (nSPS) is 9.83. The van der Waals surface area contributed by atoms with Crippen molar-refractivity contribution >= 4 is 28.7 Å². The lowest BCUT2D eigenvalue weighted by atomic mass is 10.2.